The number of rotatable bonds is 6. The number of carbonyl (C=O) groups excluding carboxylic acids is 1. The van der Waals surface area contributed by atoms with Crippen molar-refractivity contribution in [3.05, 3.63) is 28.8 Å². The van der Waals surface area contributed by atoms with E-state index >= 15 is 0 Å². The van der Waals surface area contributed by atoms with Crippen LogP contribution in [0.1, 0.15) is 25.8 Å². The number of hydrogen-bond donors (Lipinski definition) is 0. The van der Waals surface area contributed by atoms with Gasteiger partial charge >= 0.3 is 0 Å². The predicted octanol–water partition coefficient (Wildman–Crippen LogP) is 1.78. The fraction of sp³-hybridized carbons (Fsp3) is 0.650. The van der Waals surface area contributed by atoms with Crippen LogP contribution in [-0.2, 0) is 26.2 Å². The lowest BCUT2D eigenvalue weighted by atomic mass is 10.1. The van der Waals surface area contributed by atoms with Gasteiger partial charge < -0.3 is 14.4 Å². The molecule has 1 aromatic carbocycles. The van der Waals surface area contributed by atoms with Gasteiger partial charge in [-0.2, -0.15) is 17.0 Å². The zero-order valence-electron chi connectivity index (χ0n) is 17.7. The second-order valence-corrected chi connectivity index (χ2v) is 10.2. The number of amides is 1. The SMILES string of the molecule is COc1ccc(CCC(=O)N2CCN(S(=O)(=O)N3CC(C)OC(C)C3)CC2)cc1Cl. The van der Waals surface area contributed by atoms with Crippen molar-refractivity contribution in [3.8, 4) is 5.75 Å². The first-order valence-corrected chi connectivity index (χ1v) is 12.0. The van der Waals surface area contributed by atoms with Crippen LogP contribution in [0.2, 0.25) is 5.02 Å². The summed E-state index contributed by atoms with van der Waals surface area (Å²) in [5.41, 5.74) is 0.964. The van der Waals surface area contributed by atoms with E-state index in [1.54, 1.807) is 18.1 Å². The number of benzene rings is 1. The van der Waals surface area contributed by atoms with E-state index in [0.717, 1.165) is 5.56 Å². The van der Waals surface area contributed by atoms with E-state index in [-0.39, 0.29) is 18.1 Å². The Hall–Kier alpha value is -1.39. The number of halogens is 1. The monoisotopic (exact) mass is 459 g/mol. The highest BCUT2D eigenvalue weighted by atomic mass is 35.5. The van der Waals surface area contributed by atoms with Crippen LogP contribution >= 0.6 is 11.6 Å². The molecule has 2 aliphatic heterocycles. The molecule has 2 fully saturated rings. The number of piperazine rings is 1. The lowest BCUT2D eigenvalue weighted by molar-refractivity contribution is -0.132. The fourth-order valence-corrected chi connectivity index (χ4v) is 5.95. The molecule has 8 nitrogen and oxygen atoms in total. The van der Waals surface area contributed by atoms with Gasteiger partial charge in [0.1, 0.15) is 5.75 Å². The average Bonchev–Trinajstić information content (AvgIpc) is 2.71. The van der Waals surface area contributed by atoms with Gasteiger partial charge in [-0.25, -0.2) is 0 Å². The summed E-state index contributed by atoms with van der Waals surface area (Å²) in [7, 11) is -1.98. The summed E-state index contributed by atoms with van der Waals surface area (Å²) in [6, 6.07) is 5.49. The van der Waals surface area contributed by atoms with Crippen LogP contribution in [0.15, 0.2) is 18.2 Å². The van der Waals surface area contributed by atoms with Crippen LogP contribution in [0.3, 0.4) is 0 Å². The maximum absolute atomic E-state index is 13.0. The van der Waals surface area contributed by atoms with Crippen LogP contribution in [0, 0.1) is 0 Å². The zero-order valence-corrected chi connectivity index (χ0v) is 19.3. The van der Waals surface area contributed by atoms with Gasteiger partial charge in [0.25, 0.3) is 10.2 Å². The zero-order chi connectivity index (χ0) is 21.9. The van der Waals surface area contributed by atoms with Gasteiger partial charge in [-0.1, -0.05) is 17.7 Å². The molecular formula is C20H30ClN3O5S. The van der Waals surface area contributed by atoms with Crippen molar-refractivity contribution < 1.29 is 22.7 Å². The fourth-order valence-electron chi connectivity index (χ4n) is 3.93. The standard InChI is InChI=1S/C20H30ClN3O5S/c1-15-13-24(14-16(2)29-15)30(26,27)23-10-8-22(9-11-23)20(25)7-5-17-4-6-19(28-3)18(21)12-17/h4,6,12,15-16H,5,7-11,13-14H2,1-3H3. The van der Waals surface area contributed by atoms with Gasteiger partial charge in [-0.3, -0.25) is 4.79 Å². The van der Waals surface area contributed by atoms with E-state index in [0.29, 0.717) is 62.9 Å². The highest BCUT2D eigenvalue weighted by Gasteiger charge is 2.37. The van der Waals surface area contributed by atoms with Crippen molar-refractivity contribution in [2.45, 2.75) is 38.9 Å². The van der Waals surface area contributed by atoms with Gasteiger partial charge in [0.2, 0.25) is 5.91 Å². The van der Waals surface area contributed by atoms with E-state index in [1.165, 1.54) is 8.61 Å². The number of nitrogens with zero attached hydrogens (tertiary/aromatic N) is 3. The molecule has 0 saturated carbocycles. The molecule has 2 unspecified atom stereocenters. The van der Waals surface area contributed by atoms with Crippen LogP contribution in [0.4, 0.5) is 0 Å². The second kappa shape index (κ2) is 9.82. The minimum Gasteiger partial charge on any atom is -0.495 e. The molecule has 3 rings (SSSR count). The largest absolute Gasteiger partial charge is 0.495 e. The van der Waals surface area contributed by atoms with E-state index in [9.17, 15) is 13.2 Å². The summed E-state index contributed by atoms with van der Waals surface area (Å²) < 4.78 is 39.7. The number of aryl methyl sites for hydroxylation is 1. The summed E-state index contributed by atoms with van der Waals surface area (Å²) in [5.74, 6) is 0.626. The molecule has 1 aromatic rings. The lowest BCUT2D eigenvalue weighted by Gasteiger charge is -2.40. The Morgan fingerprint density at radius 2 is 1.77 bits per heavy atom. The normalized spacial score (nSPS) is 24.1. The van der Waals surface area contributed by atoms with Crippen molar-refractivity contribution in [2.24, 2.45) is 0 Å². The summed E-state index contributed by atoms with van der Waals surface area (Å²) in [5, 5.41) is 0.521. The van der Waals surface area contributed by atoms with Crippen molar-refractivity contribution in [3.63, 3.8) is 0 Å². The van der Waals surface area contributed by atoms with E-state index in [2.05, 4.69) is 0 Å². The number of carbonyl (C=O) groups is 1. The predicted molar refractivity (Wildman–Crippen MR) is 115 cm³/mol. The molecule has 0 N–H and O–H groups in total. The molecular weight excluding hydrogens is 430 g/mol. The highest BCUT2D eigenvalue weighted by Crippen LogP contribution is 2.25. The van der Waals surface area contributed by atoms with E-state index < -0.39 is 10.2 Å². The Kier molecular flexibility index (Phi) is 7.62. The minimum atomic E-state index is -3.54. The number of morpholine rings is 1. The van der Waals surface area contributed by atoms with Crippen LogP contribution in [0.25, 0.3) is 0 Å². The summed E-state index contributed by atoms with van der Waals surface area (Å²) in [4.78, 5) is 14.3. The Morgan fingerprint density at radius 1 is 1.13 bits per heavy atom. The third-order valence-corrected chi connectivity index (χ3v) is 7.74. The smallest absolute Gasteiger partial charge is 0.282 e. The van der Waals surface area contributed by atoms with Crippen molar-refractivity contribution in [1.29, 1.82) is 0 Å². The van der Waals surface area contributed by atoms with E-state index in [1.807, 2.05) is 26.0 Å². The molecule has 0 spiro atoms. The Labute approximate surface area is 183 Å². The molecule has 1 amide bonds. The maximum atomic E-state index is 13.0. The van der Waals surface area contributed by atoms with Gasteiger partial charge in [-0.05, 0) is 38.0 Å². The van der Waals surface area contributed by atoms with Gasteiger partial charge in [-0.15, -0.1) is 0 Å². The molecule has 168 valence electrons. The third kappa shape index (κ3) is 5.45. The molecule has 0 radical (unpaired) electrons. The molecule has 0 bridgehead atoms. The quantitative estimate of drug-likeness (QED) is 0.647. The van der Waals surface area contributed by atoms with Crippen molar-refractivity contribution in [1.82, 2.24) is 13.5 Å². The van der Waals surface area contributed by atoms with Gasteiger partial charge in [0.15, 0.2) is 0 Å². The van der Waals surface area contributed by atoms with Gasteiger partial charge in [0, 0.05) is 45.7 Å². The van der Waals surface area contributed by atoms with Crippen LogP contribution in [0.5, 0.6) is 5.75 Å². The molecule has 0 aromatic heterocycles. The Bertz CT molecular complexity index is 848. The highest BCUT2D eigenvalue weighted by molar-refractivity contribution is 7.86. The van der Waals surface area contributed by atoms with E-state index in [4.69, 9.17) is 21.1 Å². The Balaban J connectivity index is 1.51. The maximum Gasteiger partial charge on any atom is 0.282 e. The van der Waals surface area contributed by atoms with Gasteiger partial charge in [0.05, 0.1) is 24.3 Å². The summed E-state index contributed by atoms with van der Waals surface area (Å²) in [6.45, 7) is 5.89. The number of methoxy groups -OCH3 is 1. The summed E-state index contributed by atoms with van der Waals surface area (Å²) in [6.07, 6.45) is 0.675. The molecule has 2 saturated heterocycles. The second-order valence-electron chi connectivity index (χ2n) is 7.83. The molecule has 2 atom stereocenters. The molecule has 2 aliphatic rings. The lowest BCUT2D eigenvalue weighted by Crippen LogP contribution is -2.57. The van der Waals surface area contributed by atoms with Crippen LogP contribution in [-0.4, -0.2) is 86.4 Å². The topological polar surface area (TPSA) is 79.4 Å². The first kappa shape index (κ1) is 23.3. The number of ether oxygens (including phenoxy) is 2. The third-order valence-electron chi connectivity index (χ3n) is 5.47. The Morgan fingerprint density at radius 3 is 2.33 bits per heavy atom. The first-order valence-electron chi connectivity index (χ1n) is 10.2. The first-order chi connectivity index (χ1) is 14.2. The molecule has 2 heterocycles. The molecule has 10 heteroatoms. The molecule has 30 heavy (non-hydrogen) atoms. The number of hydrogen-bond acceptors (Lipinski definition) is 5. The van der Waals surface area contributed by atoms with Crippen molar-refractivity contribution >= 4 is 27.7 Å². The van der Waals surface area contributed by atoms with Crippen LogP contribution < -0.4 is 4.74 Å². The molecule has 0 aliphatic carbocycles. The average molecular weight is 460 g/mol. The minimum absolute atomic E-state index is 0.0209. The summed E-state index contributed by atoms with van der Waals surface area (Å²) >= 11 is 6.14. The van der Waals surface area contributed by atoms with Crippen molar-refractivity contribution in [2.75, 3.05) is 46.4 Å².